The lowest BCUT2D eigenvalue weighted by atomic mass is 10.0. The van der Waals surface area contributed by atoms with E-state index in [0.29, 0.717) is 17.5 Å². The maximum absolute atomic E-state index is 5.01. The lowest BCUT2D eigenvalue weighted by Crippen LogP contribution is -2.00. The van der Waals surface area contributed by atoms with Gasteiger partial charge >= 0.3 is 0 Å². The number of rotatable bonds is 3. The fourth-order valence-corrected chi connectivity index (χ4v) is 6.29. The monoisotopic (exact) mass is 543 g/mol. The highest BCUT2D eigenvalue weighted by molar-refractivity contribution is 9.10. The van der Waals surface area contributed by atoms with E-state index in [2.05, 4.69) is 82.7 Å². The summed E-state index contributed by atoms with van der Waals surface area (Å²) in [6.45, 7) is 0. The van der Waals surface area contributed by atoms with Crippen molar-refractivity contribution in [3.05, 3.63) is 114 Å². The van der Waals surface area contributed by atoms with Gasteiger partial charge in [0.2, 0.25) is 0 Å². The maximum atomic E-state index is 5.01. The highest BCUT2D eigenvalue weighted by atomic mass is 79.9. The first-order valence-electron chi connectivity index (χ1n) is 11.7. The van der Waals surface area contributed by atoms with Crippen molar-refractivity contribution < 1.29 is 0 Å². The number of hydrogen-bond acceptors (Lipinski definition) is 4. The topological polar surface area (TPSA) is 38.7 Å². The van der Waals surface area contributed by atoms with E-state index in [1.54, 1.807) is 11.3 Å². The van der Waals surface area contributed by atoms with Crippen molar-refractivity contribution in [2.45, 2.75) is 0 Å². The van der Waals surface area contributed by atoms with Gasteiger partial charge in [-0.3, -0.25) is 0 Å². The summed E-state index contributed by atoms with van der Waals surface area (Å²) in [5.41, 5.74) is 2.93. The third-order valence-corrected chi connectivity index (χ3v) is 8.24. The Morgan fingerprint density at radius 1 is 0.472 bits per heavy atom. The van der Waals surface area contributed by atoms with Gasteiger partial charge < -0.3 is 0 Å². The van der Waals surface area contributed by atoms with Crippen molar-refractivity contribution in [2.24, 2.45) is 0 Å². The summed E-state index contributed by atoms with van der Waals surface area (Å²) in [6.07, 6.45) is 0. The van der Waals surface area contributed by atoms with E-state index in [-0.39, 0.29) is 0 Å². The molecule has 36 heavy (non-hydrogen) atoms. The van der Waals surface area contributed by atoms with Gasteiger partial charge in [-0.25, -0.2) is 15.0 Å². The van der Waals surface area contributed by atoms with Gasteiger partial charge in [0.25, 0.3) is 0 Å². The molecule has 5 heteroatoms. The molecule has 0 bridgehead atoms. The molecule has 2 aromatic heterocycles. The SMILES string of the molecule is Brc1ccc(-c2nc(-c3ccccc3)nc(-c3ccc4c(c3)sc3ccccc34)n2)c2ccccc12. The molecule has 0 N–H and O–H groups in total. The van der Waals surface area contributed by atoms with Crippen molar-refractivity contribution >= 4 is 58.2 Å². The van der Waals surface area contributed by atoms with E-state index in [4.69, 9.17) is 15.0 Å². The van der Waals surface area contributed by atoms with Gasteiger partial charge in [0.1, 0.15) is 0 Å². The molecule has 0 atom stereocenters. The molecular formula is C31H18BrN3S. The van der Waals surface area contributed by atoms with Crippen LogP contribution in [0.2, 0.25) is 0 Å². The van der Waals surface area contributed by atoms with E-state index >= 15 is 0 Å². The fourth-order valence-electron chi connectivity index (χ4n) is 4.66. The Kier molecular flexibility index (Phi) is 5.12. The van der Waals surface area contributed by atoms with Crippen LogP contribution in [0, 0.1) is 0 Å². The number of thiophene rings is 1. The molecule has 2 heterocycles. The van der Waals surface area contributed by atoms with E-state index < -0.39 is 0 Å². The minimum absolute atomic E-state index is 0.666. The molecule has 0 saturated heterocycles. The van der Waals surface area contributed by atoms with Gasteiger partial charge in [-0.05, 0) is 35.0 Å². The molecule has 0 aliphatic rings. The van der Waals surface area contributed by atoms with Crippen LogP contribution in [0.15, 0.2) is 114 Å². The van der Waals surface area contributed by atoms with E-state index in [1.165, 1.54) is 20.2 Å². The number of hydrogen-bond donors (Lipinski definition) is 0. The maximum Gasteiger partial charge on any atom is 0.164 e. The zero-order chi connectivity index (χ0) is 24.1. The van der Waals surface area contributed by atoms with E-state index in [1.807, 2.05) is 42.5 Å². The normalized spacial score (nSPS) is 11.5. The lowest BCUT2D eigenvalue weighted by molar-refractivity contribution is 1.08. The van der Waals surface area contributed by atoms with Crippen molar-refractivity contribution in [3.8, 4) is 34.2 Å². The Morgan fingerprint density at radius 2 is 1.11 bits per heavy atom. The highest BCUT2D eigenvalue weighted by Crippen LogP contribution is 2.37. The summed E-state index contributed by atoms with van der Waals surface area (Å²) in [7, 11) is 0. The molecular weight excluding hydrogens is 526 g/mol. The Morgan fingerprint density at radius 3 is 1.94 bits per heavy atom. The summed E-state index contributed by atoms with van der Waals surface area (Å²) >= 11 is 5.49. The van der Waals surface area contributed by atoms with Crippen LogP contribution in [0.1, 0.15) is 0 Å². The molecule has 0 radical (unpaired) electrons. The first-order valence-corrected chi connectivity index (χ1v) is 13.3. The summed E-state index contributed by atoms with van der Waals surface area (Å²) in [6, 6.07) is 37.6. The summed E-state index contributed by atoms with van der Waals surface area (Å²) < 4.78 is 3.56. The molecule has 0 aliphatic carbocycles. The second-order valence-electron chi connectivity index (χ2n) is 8.62. The third kappa shape index (κ3) is 3.60. The number of benzene rings is 5. The summed E-state index contributed by atoms with van der Waals surface area (Å²) in [5, 5.41) is 4.77. The summed E-state index contributed by atoms with van der Waals surface area (Å²) in [4.78, 5) is 14.9. The fraction of sp³-hybridized carbons (Fsp3) is 0. The van der Waals surface area contributed by atoms with Gasteiger partial charge in [0.05, 0.1) is 0 Å². The lowest BCUT2D eigenvalue weighted by Gasteiger charge is -2.11. The van der Waals surface area contributed by atoms with Gasteiger partial charge in [0.15, 0.2) is 17.5 Å². The van der Waals surface area contributed by atoms with Crippen LogP contribution in [0.3, 0.4) is 0 Å². The van der Waals surface area contributed by atoms with Crippen LogP contribution in [0.25, 0.3) is 65.1 Å². The van der Waals surface area contributed by atoms with E-state index in [0.717, 1.165) is 31.9 Å². The quantitative estimate of drug-likeness (QED) is 0.223. The van der Waals surface area contributed by atoms with Gasteiger partial charge in [-0.2, -0.15) is 0 Å². The minimum Gasteiger partial charge on any atom is -0.208 e. The Labute approximate surface area is 220 Å². The zero-order valence-corrected chi connectivity index (χ0v) is 21.4. The first-order chi connectivity index (χ1) is 17.7. The van der Waals surface area contributed by atoms with Crippen molar-refractivity contribution in [2.75, 3.05) is 0 Å². The van der Waals surface area contributed by atoms with Crippen molar-refractivity contribution in [1.82, 2.24) is 15.0 Å². The molecule has 170 valence electrons. The standard InChI is InChI=1S/C31H18BrN3S/c32-26-17-16-25(21-10-4-5-11-22(21)26)31-34-29(19-8-2-1-3-9-19)33-30(35-31)20-14-15-24-23-12-6-7-13-27(23)36-28(24)18-20/h1-18H. The van der Waals surface area contributed by atoms with Gasteiger partial charge in [0, 0.05) is 41.3 Å². The molecule has 0 amide bonds. The summed E-state index contributed by atoms with van der Waals surface area (Å²) in [5.74, 6) is 2.00. The first kappa shape index (κ1) is 21.4. The molecule has 7 rings (SSSR count). The van der Waals surface area contributed by atoms with Gasteiger partial charge in [-0.1, -0.05) is 101 Å². The largest absolute Gasteiger partial charge is 0.208 e. The van der Waals surface area contributed by atoms with E-state index in [9.17, 15) is 0 Å². The van der Waals surface area contributed by atoms with Crippen LogP contribution in [0.4, 0.5) is 0 Å². The molecule has 0 fully saturated rings. The zero-order valence-electron chi connectivity index (χ0n) is 19.0. The van der Waals surface area contributed by atoms with Crippen LogP contribution in [-0.2, 0) is 0 Å². The Balaban J connectivity index is 1.47. The Bertz CT molecular complexity index is 1910. The van der Waals surface area contributed by atoms with Crippen LogP contribution in [-0.4, -0.2) is 15.0 Å². The number of aromatic nitrogens is 3. The predicted molar refractivity (Wildman–Crippen MR) is 154 cm³/mol. The van der Waals surface area contributed by atoms with Crippen LogP contribution >= 0.6 is 27.3 Å². The molecule has 0 aliphatic heterocycles. The number of halogens is 1. The number of nitrogens with zero attached hydrogens (tertiary/aromatic N) is 3. The van der Waals surface area contributed by atoms with Gasteiger partial charge in [-0.15, -0.1) is 11.3 Å². The van der Waals surface area contributed by atoms with Crippen molar-refractivity contribution in [1.29, 1.82) is 0 Å². The average molecular weight is 544 g/mol. The Hall–Kier alpha value is -3.93. The minimum atomic E-state index is 0.666. The molecule has 7 aromatic rings. The molecule has 0 saturated carbocycles. The average Bonchev–Trinajstić information content (AvgIpc) is 3.31. The molecule has 3 nitrogen and oxygen atoms in total. The third-order valence-electron chi connectivity index (χ3n) is 6.42. The molecule has 0 spiro atoms. The smallest absolute Gasteiger partial charge is 0.164 e. The predicted octanol–water partition coefficient (Wildman–Crippen LogP) is 9.16. The second kappa shape index (κ2) is 8.63. The van der Waals surface area contributed by atoms with Crippen LogP contribution in [0.5, 0.6) is 0 Å². The molecule has 5 aromatic carbocycles. The molecule has 0 unspecified atom stereocenters. The van der Waals surface area contributed by atoms with Crippen molar-refractivity contribution in [3.63, 3.8) is 0 Å². The second-order valence-corrected chi connectivity index (χ2v) is 10.6. The van der Waals surface area contributed by atoms with Crippen LogP contribution < -0.4 is 0 Å². The highest BCUT2D eigenvalue weighted by Gasteiger charge is 2.16. The number of fused-ring (bicyclic) bond motifs is 4.